The molecule has 0 spiro atoms. The third kappa shape index (κ3) is 3.05. The van der Waals surface area contributed by atoms with Crippen molar-refractivity contribution in [3.8, 4) is 6.07 Å². The molecule has 0 aromatic heterocycles. The average molecular weight is 262 g/mol. The van der Waals surface area contributed by atoms with Crippen molar-refractivity contribution in [3.05, 3.63) is 65.0 Å². The van der Waals surface area contributed by atoms with E-state index >= 15 is 0 Å². The lowest BCUT2D eigenvalue weighted by Gasteiger charge is -2.09. The van der Waals surface area contributed by atoms with Crippen LogP contribution in [0.1, 0.15) is 11.1 Å². The van der Waals surface area contributed by atoms with Gasteiger partial charge in [-0.3, -0.25) is 0 Å². The molecular formula is C14H9F3N2. The summed E-state index contributed by atoms with van der Waals surface area (Å²) in [6.07, 6.45) is 0. The fraction of sp³-hybridized carbons (Fsp3) is 0.0714. The van der Waals surface area contributed by atoms with Crippen molar-refractivity contribution in [3.63, 3.8) is 0 Å². The number of rotatable bonds is 3. The minimum absolute atomic E-state index is 0.0288. The quantitative estimate of drug-likeness (QED) is 0.917. The fourth-order valence-corrected chi connectivity index (χ4v) is 1.64. The van der Waals surface area contributed by atoms with Crippen molar-refractivity contribution >= 4 is 5.69 Å². The van der Waals surface area contributed by atoms with E-state index in [0.29, 0.717) is 5.56 Å². The van der Waals surface area contributed by atoms with Gasteiger partial charge >= 0.3 is 0 Å². The summed E-state index contributed by atoms with van der Waals surface area (Å²) < 4.78 is 39.4. The fourth-order valence-electron chi connectivity index (χ4n) is 1.64. The summed E-state index contributed by atoms with van der Waals surface area (Å²) in [7, 11) is 0. The van der Waals surface area contributed by atoms with Gasteiger partial charge in [-0.15, -0.1) is 0 Å². The van der Waals surface area contributed by atoms with Crippen LogP contribution in [0, 0.1) is 28.8 Å². The Balaban J connectivity index is 2.21. The van der Waals surface area contributed by atoms with Gasteiger partial charge in [0.25, 0.3) is 0 Å². The number of benzene rings is 2. The molecular weight excluding hydrogens is 253 g/mol. The van der Waals surface area contributed by atoms with E-state index in [1.54, 1.807) is 0 Å². The monoisotopic (exact) mass is 262 g/mol. The normalized spacial score (nSPS) is 10.0. The van der Waals surface area contributed by atoms with Gasteiger partial charge in [0.2, 0.25) is 0 Å². The SMILES string of the molecule is N#Cc1ccc(F)cc1CNc1cc(F)ccc1F. The molecule has 0 amide bonds. The maximum atomic E-state index is 13.4. The molecule has 0 aliphatic carbocycles. The molecule has 0 aliphatic rings. The van der Waals surface area contributed by atoms with E-state index in [4.69, 9.17) is 5.26 Å². The number of anilines is 1. The van der Waals surface area contributed by atoms with Gasteiger partial charge in [0.15, 0.2) is 0 Å². The van der Waals surface area contributed by atoms with Crippen molar-refractivity contribution in [2.24, 2.45) is 0 Å². The van der Waals surface area contributed by atoms with Crippen LogP contribution in [0.4, 0.5) is 18.9 Å². The topological polar surface area (TPSA) is 35.8 Å². The van der Waals surface area contributed by atoms with Crippen LogP contribution in [0.2, 0.25) is 0 Å². The Morgan fingerprint density at radius 2 is 1.68 bits per heavy atom. The van der Waals surface area contributed by atoms with Crippen molar-refractivity contribution in [2.45, 2.75) is 6.54 Å². The molecule has 0 saturated carbocycles. The summed E-state index contributed by atoms with van der Waals surface area (Å²) in [5, 5.41) is 11.5. The van der Waals surface area contributed by atoms with E-state index in [-0.39, 0.29) is 17.8 Å². The Morgan fingerprint density at radius 1 is 1.00 bits per heavy atom. The van der Waals surface area contributed by atoms with Gasteiger partial charge in [-0.1, -0.05) is 0 Å². The Morgan fingerprint density at radius 3 is 2.42 bits per heavy atom. The van der Waals surface area contributed by atoms with Crippen molar-refractivity contribution in [1.29, 1.82) is 5.26 Å². The van der Waals surface area contributed by atoms with Crippen molar-refractivity contribution in [2.75, 3.05) is 5.32 Å². The van der Waals surface area contributed by atoms with Gasteiger partial charge in [0, 0.05) is 6.54 Å². The molecule has 1 N–H and O–H groups in total. The molecule has 0 bridgehead atoms. The zero-order valence-electron chi connectivity index (χ0n) is 9.75. The molecule has 0 heterocycles. The predicted molar refractivity (Wildman–Crippen MR) is 64.8 cm³/mol. The average Bonchev–Trinajstić information content (AvgIpc) is 2.40. The lowest BCUT2D eigenvalue weighted by atomic mass is 10.1. The summed E-state index contributed by atoms with van der Waals surface area (Å²) in [4.78, 5) is 0. The second-order valence-electron chi connectivity index (χ2n) is 3.89. The standard InChI is InChI=1S/C14H9F3N2/c15-11-2-1-9(7-18)10(5-11)8-19-14-6-12(16)3-4-13(14)17/h1-6,19H,8H2. The van der Waals surface area contributed by atoms with Crippen LogP contribution >= 0.6 is 0 Å². The smallest absolute Gasteiger partial charge is 0.146 e. The van der Waals surface area contributed by atoms with E-state index in [9.17, 15) is 13.2 Å². The largest absolute Gasteiger partial charge is 0.378 e. The van der Waals surface area contributed by atoms with Gasteiger partial charge in [0.1, 0.15) is 17.5 Å². The molecule has 5 heteroatoms. The molecule has 0 fully saturated rings. The second-order valence-corrected chi connectivity index (χ2v) is 3.89. The van der Waals surface area contributed by atoms with Crippen LogP contribution in [-0.4, -0.2) is 0 Å². The molecule has 0 unspecified atom stereocenters. The molecule has 2 rings (SSSR count). The van der Waals surface area contributed by atoms with Crippen LogP contribution < -0.4 is 5.32 Å². The van der Waals surface area contributed by atoms with Crippen LogP contribution in [0.25, 0.3) is 0 Å². The van der Waals surface area contributed by atoms with Gasteiger partial charge in [-0.2, -0.15) is 5.26 Å². The van der Waals surface area contributed by atoms with E-state index in [1.165, 1.54) is 18.2 Å². The summed E-state index contributed by atoms with van der Waals surface area (Å²) in [5.74, 6) is -1.68. The zero-order chi connectivity index (χ0) is 13.8. The lowest BCUT2D eigenvalue weighted by molar-refractivity contribution is 0.602. The minimum atomic E-state index is -0.615. The van der Waals surface area contributed by atoms with Crippen LogP contribution in [-0.2, 0) is 6.54 Å². The van der Waals surface area contributed by atoms with E-state index in [1.807, 2.05) is 6.07 Å². The summed E-state index contributed by atoms with van der Waals surface area (Å²) >= 11 is 0. The maximum absolute atomic E-state index is 13.4. The highest BCUT2D eigenvalue weighted by Gasteiger charge is 2.07. The summed E-state index contributed by atoms with van der Waals surface area (Å²) in [5.41, 5.74) is 0.630. The van der Waals surface area contributed by atoms with Crippen LogP contribution in [0.15, 0.2) is 36.4 Å². The van der Waals surface area contributed by atoms with E-state index < -0.39 is 17.5 Å². The molecule has 0 atom stereocenters. The second kappa shape index (κ2) is 5.44. The van der Waals surface area contributed by atoms with Gasteiger partial charge in [-0.05, 0) is 42.0 Å². The molecule has 2 nitrogen and oxygen atoms in total. The number of hydrogen-bond donors (Lipinski definition) is 1. The first kappa shape index (κ1) is 13.0. The highest BCUT2D eigenvalue weighted by molar-refractivity contribution is 5.47. The van der Waals surface area contributed by atoms with Gasteiger partial charge in [0.05, 0.1) is 17.3 Å². The molecule has 19 heavy (non-hydrogen) atoms. The number of nitriles is 1. The highest BCUT2D eigenvalue weighted by Crippen LogP contribution is 2.18. The minimum Gasteiger partial charge on any atom is -0.378 e. The van der Waals surface area contributed by atoms with Crippen LogP contribution in [0.5, 0.6) is 0 Å². The highest BCUT2D eigenvalue weighted by atomic mass is 19.1. The van der Waals surface area contributed by atoms with Crippen molar-refractivity contribution in [1.82, 2.24) is 0 Å². The number of nitrogens with one attached hydrogen (secondary N) is 1. The molecule has 0 saturated heterocycles. The first-order valence-corrected chi connectivity index (χ1v) is 5.47. The molecule has 0 radical (unpaired) electrons. The van der Waals surface area contributed by atoms with Gasteiger partial charge in [-0.25, -0.2) is 13.2 Å². The van der Waals surface area contributed by atoms with Crippen LogP contribution in [0.3, 0.4) is 0 Å². The first-order valence-electron chi connectivity index (χ1n) is 5.47. The van der Waals surface area contributed by atoms with Crippen molar-refractivity contribution < 1.29 is 13.2 Å². The summed E-state index contributed by atoms with van der Waals surface area (Å²) in [6.45, 7) is 0.0288. The van der Waals surface area contributed by atoms with E-state index in [0.717, 1.165) is 18.2 Å². The Bertz CT molecular complexity index is 648. The molecule has 96 valence electrons. The van der Waals surface area contributed by atoms with E-state index in [2.05, 4.69) is 5.32 Å². The number of hydrogen-bond acceptors (Lipinski definition) is 2. The first-order chi connectivity index (χ1) is 9.10. The molecule has 0 aliphatic heterocycles. The van der Waals surface area contributed by atoms with Gasteiger partial charge < -0.3 is 5.32 Å². The molecule has 2 aromatic carbocycles. The Kier molecular flexibility index (Phi) is 3.71. The third-order valence-corrected chi connectivity index (χ3v) is 2.59. The zero-order valence-corrected chi connectivity index (χ0v) is 9.75. The maximum Gasteiger partial charge on any atom is 0.146 e. The number of halogens is 3. The summed E-state index contributed by atoms with van der Waals surface area (Å²) in [6, 6.07) is 8.61. The third-order valence-electron chi connectivity index (χ3n) is 2.59. The predicted octanol–water partition coefficient (Wildman–Crippen LogP) is 3.59. The molecule has 2 aromatic rings. The lowest BCUT2D eigenvalue weighted by Crippen LogP contribution is -2.04. The Labute approximate surface area is 108 Å². The number of nitrogens with zero attached hydrogens (tertiary/aromatic N) is 1. The Hall–Kier alpha value is -2.48.